The summed E-state index contributed by atoms with van der Waals surface area (Å²) in [6, 6.07) is 9.84. The molecule has 1 aromatic carbocycles. The van der Waals surface area contributed by atoms with E-state index in [0.29, 0.717) is 6.42 Å². The Kier molecular flexibility index (Phi) is 3.19. The van der Waals surface area contributed by atoms with Crippen molar-refractivity contribution in [3.63, 3.8) is 0 Å². The van der Waals surface area contributed by atoms with Crippen molar-refractivity contribution >= 4 is 35.1 Å². The van der Waals surface area contributed by atoms with E-state index in [9.17, 15) is 4.79 Å². The first-order chi connectivity index (χ1) is 9.21. The zero-order chi connectivity index (χ0) is 13.3. The van der Waals surface area contributed by atoms with Crippen molar-refractivity contribution < 1.29 is 4.79 Å². The van der Waals surface area contributed by atoms with Gasteiger partial charge in [0.15, 0.2) is 0 Å². The molecule has 1 aromatic heterocycles. The van der Waals surface area contributed by atoms with Crippen LogP contribution in [0.25, 0.3) is 10.9 Å². The fraction of sp³-hybridized carbons (Fsp3) is 0.333. The molecule has 3 nitrogen and oxygen atoms in total. The molecular formula is C15H16N2OS. The van der Waals surface area contributed by atoms with Gasteiger partial charge in [-0.05, 0) is 36.1 Å². The molecule has 98 valence electrons. The van der Waals surface area contributed by atoms with Gasteiger partial charge in [-0.15, -0.1) is 0 Å². The minimum absolute atomic E-state index is 0.0589. The number of hydrogen-bond acceptors (Lipinski definition) is 3. The number of carbonyl (C=O) groups is 1. The molecule has 0 unspecified atom stereocenters. The maximum atomic E-state index is 12.0. The third-order valence-corrected chi connectivity index (χ3v) is 4.37. The molecule has 1 saturated carbocycles. The molecule has 19 heavy (non-hydrogen) atoms. The summed E-state index contributed by atoms with van der Waals surface area (Å²) < 4.78 is 0. The van der Waals surface area contributed by atoms with Gasteiger partial charge in [0.2, 0.25) is 5.91 Å². The van der Waals surface area contributed by atoms with Crippen molar-refractivity contribution in [1.82, 2.24) is 4.98 Å². The van der Waals surface area contributed by atoms with E-state index in [4.69, 9.17) is 0 Å². The third-order valence-electron chi connectivity index (χ3n) is 3.70. The Bertz CT molecular complexity index is 622. The number of rotatable bonds is 4. The molecule has 1 aliphatic carbocycles. The molecule has 1 fully saturated rings. The second-order valence-corrected chi connectivity index (χ2v) is 5.62. The first kappa shape index (κ1) is 12.5. The normalized spacial score (nSPS) is 16.3. The van der Waals surface area contributed by atoms with Crippen molar-refractivity contribution in [2.24, 2.45) is 5.41 Å². The Morgan fingerprint density at radius 3 is 2.89 bits per heavy atom. The van der Waals surface area contributed by atoms with Gasteiger partial charge in [-0.3, -0.25) is 9.78 Å². The summed E-state index contributed by atoms with van der Waals surface area (Å²) in [5, 5.41) is 3.97. The van der Waals surface area contributed by atoms with Crippen LogP contribution in [0.3, 0.4) is 0 Å². The quantitative estimate of drug-likeness (QED) is 0.839. The number of para-hydroxylation sites is 1. The number of pyridine rings is 1. The van der Waals surface area contributed by atoms with Crippen LogP contribution in [0.2, 0.25) is 0 Å². The van der Waals surface area contributed by atoms with Crippen LogP contribution in [0.4, 0.5) is 5.69 Å². The average molecular weight is 272 g/mol. The lowest BCUT2D eigenvalue weighted by molar-refractivity contribution is -0.117. The Labute approximate surface area is 117 Å². The lowest BCUT2D eigenvalue weighted by Gasteiger charge is -2.11. The van der Waals surface area contributed by atoms with Crippen LogP contribution in [-0.2, 0) is 4.79 Å². The van der Waals surface area contributed by atoms with E-state index < -0.39 is 0 Å². The smallest absolute Gasteiger partial charge is 0.225 e. The number of anilines is 1. The van der Waals surface area contributed by atoms with Gasteiger partial charge in [0, 0.05) is 11.8 Å². The van der Waals surface area contributed by atoms with Crippen LogP contribution in [0.15, 0.2) is 36.5 Å². The van der Waals surface area contributed by atoms with E-state index in [2.05, 4.69) is 22.9 Å². The second kappa shape index (κ2) is 4.85. The number of thiol groups is 1. The van der Waals surface area contributed by atoms with Gasteiger partial charge in [0.1, 0.15) is 0 Å². The molecule has 0 bridgehead atoms. The summed E-state index contributed by atoms with van der Waals surface area (Å²) in [4.78, 5) is 16.3. The topological polar surface area (TPSA) is 42.0 Å². The molecule has 0 atom stereocenters. The fourth-order valence-corrected chi connectivity index (χ4v) is 2.68. The number of hydrogen-bond donors (Lipinski definition) is 2. The summed E-state index contributed by atoms with van der Waals surface area (Å²) in [6.45, 7) is 0. The standard InChI is InChI=1S/C15H16N2OS/c18-14(8-15(10-19)5-6-15)17-12-7-11-3-1-2-4-13(11)16-9-12/h1-4,7,9,19H,5-6,8,10H2,(H,17,18). The number of nitrogens with one attached hydrogen (secondary N) is 1. The van der Waals surface area contributed by atoms with Crippen LogP contribution in [-0.4, -0.2) is 16.6 Å². The molecule has 0 saturated heterocycles. The van der Waals surface area contributed by atoms with Crippen LogP contribution in [0, 0.1) is 5.41 Å². The highest BCUT2D eigenvalue weighted by molar-refractivity contribution is 7.80. The molecule has 1 amide bonds. The molecule has 1 heterocycles. The number of fused-ring (bicyclic) bond motifs is 1. The summed E-state index contributed by atoms with van der Waals surface area (Å²) in [7, 11) is 0. The summed E-state index contributed by atoms with van der Waals surface area (Å²) in [6.07, 6.45) is 4.49. The molecule has 0 spiro atoms. The van der Waals surface area contributed by atoms with E-state index in [1.165, 1.54) is 0 Å². The van der Waals surface area contributed by atoms with Gasteiger partial charge in [-0.2, -0.15) is 12.6 Å². The van der Waals surface area contributed by atoms with E-state index >= 15 is 0 Å². The fourth-order valence-electron chi connectivity index (χ4n) is 2.25. The van der Waals surface area contributed by atoms with Gasteiger partial charge >= 0.3 is 0 Å². The lowest BCUT2D eigenvalue weighted by Crippen LogP contribution is -2.18. The van der Waals surface area contributed by atoms with E-state index in [0.717, 1.165) is 35.2 Å². The predicted molar refractivity (Wildman–Crippen MR) is 80.5 cm³/mol. The number of carbonyl (C=O) groups excluding carboxylic acids is 1. The minimum Gasteiger partial charge on any atom is -0.325 e. The highest BCUT2D eigenvalue weighted by atomic mass is 32.1. The van der Waals surface area contributed by atoms with Gasteiger partial charge in [0.25, 0.3) is 0 Å². The SMILES string of the molecule is O=C(CC1(CS)CC1)Nc1cnc2ccccc2c1. The first-order valence-corrected chi connectivity index (χ1v) is 7.10. The second-order valence-electron chi connectivity index (χ2n) is 5.30. The van der Waals surface area contributed by atoms with Crippen molar-refractivity contribution in [2.45, 2.75) is 19.3 Å². The molecule has 2 aromatic rings. The van der Waals surface area contributed by atoms with E-state index in [1.54, 1.807) is 6.20 Å². The lowest BCUT2D eigenvalue weighted by atomic mass is 10.1. The molecule has 0 aliphatic heterocycles. The Hall–Kier alpha value is -1.55. The van der Waals surface area contributed by atoms with Crippen LogP contribution in [0.5, 0.6) is 0 Å². The van der Waals surface area contributed by atoms with Crippen molar-refractivity contribution in [2.75, 3.05) is 11.1 Å². The maximum Gasteiger partial charge on any atom is 0.225 e. The number of amides is 1. The highest BCUT2D eigenvalue weighted by Crippen LogP contribution is 2.49. The van der Waals surface area contributed by atoms with Gasteiger partial charge in [-0.1, -0.05) is 18.2 Å². The molecule has 0 radical (unpaired) electrons. The maximum absolute atomic E-state index is 12.0. The molecule has 1 N–H and O–H groups in total. The zero-order valence-corrected chi connectivity index (χ0v) is 11.5. The third kappa shape index (κ3) is 2.73. The molecule has 4 heteroatoms. The number of benzene rings is 1. The Morgan fingerprint density at radius 1 is 1.37 bits per heavy atom. The molecule has 3 rings (SSSR count). The monoisotopic (exact) mass is 272 g/mol. The number of aromatic nitrogens is 1. The first-order valence-electron chi connectivity index (χ1n) is 6.46. The van der Waals surface area contributed by atoms with Crippen molar-refractivity contribution in [3.8, 4) is 0 Å². The highest BCUT2D eigenvalue weighted by Gasteiger charge is 2.42. The summed E-state index contributed by atoms with van der Waals surface area (Å²) >= 11 is 4.32. The minimum atomic E-state index is 0.0589. The molecular weight excluding hydrogens is 256 g/mol. The Balaban J connectivity index is 1.72. The van der Waals surface area contributed by atoms with Gasteiger partial charge < -0.3 is 5.32 Å². The van der Waals surface area contributed by atoms with E-state index in [1.807, 2.05) is 30.3 Å². The molecule has 1 aliphatic rings. The largest absolute Gasteiger partial charge is 0.325 e. The summed E-state index contributed by atoms with van der Waals surface area (Å²) in [5.74, 6) is 0.847. The van der Waals surface area contributed by atoms with Crippen LogP contribution < -0.4 is 5.32 Å². The summed E-state index contributed by atoms with van der Waals surface area (Å²) in [5.41, 5.74) is 1.85. The van der Waals surface area contributed by atoms with Crippen molar-refractivity contribution in [3.05, 3.63) is 36.5 Å². The number of nitrogens with zero attached hydrogens (tertiary/aromatic N) is 1. The van der Waals surface area contributed by atoms with Crippen LogP contribution >= 0.6 is 12.6 Å². The van der Waals surface area contributed by atoms with E-state index in [-0.39, 0.29) is 11.3 Å². The van der Waals surface area contributed by atoms with Gasteiger partial charge in [-0.25, -0.2) is 0 Å². The zero-order valence-electron chi connectivity index (χ0n) is 10.6. The van der Waals surface area contributed by atoms with Crippen LogP contribution in [0.1, 0.15) is 19.3 Å². The Morgan fingerprint density at radius 2 is 2.16 bits per heavy atom. The predicted octanol–water partition coefficient (Wildman–Crippen LogP) is 3.27. The average Bonchev–Trinajstić information content (AvgIpc) is 3.19. The van der Waals surface area contributed by atoms with Crippen molar-refractivity contribution in [1.29, 1.82) is 0 Å². The van der Waals surface area contributed by atoms with Gasteiger partial charge in [0.05, 0.1) is 17.4 Å².